The SMILES string of the molecule is Cc1cccc(OCCNC(=O)CN2C(=O)NC(C)(c3ccc(Cl)cc3)C2=O)c1. The molecule has 1 aliphatic rings. The van der Waals surface area contributed by atoms with Gasteiger partial charge in [-0.15, -0.1) is 0 Å². The third kappa shape index (κ3) is 4.68. The minimum Gasteiger partial charge on any atom is -0.492 e. The van der Waals surface area contributed by atoms with E-state index < -0.39 is 23.4 Å². The number of aryl methyl sites for hydroxylation is 1. The third-order valence-electron chi connectivity index (χ3n) is 4.68. The van der Waals surface area contributed by atoms with Crippen molar-refractivity contribution in [3.63, 3.8) is 0 Å². The Morgan fingerprint density at radius 2 is 1.93 bits per heavy atom. The van der Waals surface area contributed by atoms with Crippen LogP contribution < -0.4 is 15.4 Å². The summed E-state index contributed by atoms with van der Waals surface area (Å²) in [6.45, 7) is 3.73. The van der Waals surface area contributed by atoms with Crippen LogP contribution in [0, 0.1) is 6.92 Å². The first-order chi connectivity index (χ1) is 13.8. The van der Waals surface area contributed by atoms with E-state index in [-0.39, 0.29) is 19.7 Å². The third-order valence-corrected chi connectivity index (χ3v) is 4.93. The van der Waals surface area contributed by atoms with Crippen LogP contribution in [0.15, 0.2) is 48.5 Å². The van der Waals surface area contributed by atoms with Crippen molar-refractivity contribution < 1.29 is 19.1 Å². The number of hydrogen-bond acceptors (Lipinski definition) is 4. The van der Waals surface area contributed by atoms with Gasteiger partial charge in [-0.05, 0) is 49.2 Å². The Morgan fingerprint density at radius 3 is 2.62 bits per heavy atom. The fourth-order valence-corrected chi connectivity index (χ4v) is 3.21. The number of amides is 4. The zero-order valence-electron chi connectivity index (χ0n) is 16.2. The quantitative estimate of drug-likeness (QED) is 0.537. The van der Waals surface area contributed by atoms with Gasteiger partial charge in [-0.25, -0.2) is 4.79 Å². The average Bonchev–Trinajstić information content (AvgIpc) is 2.90. The summed E-state index contributed by atoms with van der Waals surface area (Å²) < 4.78 is 5.56. The van der Waals surface area contributed by atoms with Gasteiger partial charge in [0.1, 0.15) is 24.4 Å². The van der Waals surface area contributed by atoms with Crippen molar-refractivity contribution in [2.75, 3.05) is 19.7 Å². The Bertz CT molecular complexity index is 932. The minimum absolute atomic E-state index is 0.255. The number of carbonyl (C=O) groups is 3. The molecule has 4 amide bonds. The Kier molecular flexibility index (Phi) is 6.08. The van der Waals surface area contributed by atoms with Crippen molar-refractivity contribution >= 4 is 29.4 Å². The molecule has 1 fully saturated rings. The van der Waals surface area contributed by atoms with Crippen LogP contribution in [0.3, 0.4) is 0 Å². The van der Waals surface area contributed by atoms with Crippen molar-refractivity contribution in [1.29, 1.82) is 0 Å². The normalized spacial score (nSPS) is 18.5. The van der Waals surface area contributed by atoms with Gasteiger partial charge in [-0.1, -0.05) is 35.9 Å². The average molecular weight is 416 g/mol. The number of urea groups is 1. The first-order valence-electron chi connectivity index (χ1n) is 9.16. The topological polar surface area (TPSA) is 87.7 Å². The number of carbonyl (C=O) groups excluding carboxylic acids is 3. The summed E-state index contributed by atoms with van der Waals surface area (Å²) in [5, 5.41) is 5.84. The lowest BCUT2D eigenvalue weighted by atomic mass is 9.92. The zero-order chi connectivity index (χ0) is 21.0. The number of rotatable bonds is 7. The van der Waals surface area contributed by atoms with Gasteiger partial charge in [-0.2, -0.15) is 0 Å². The largest absolute Gasteiger partial charge is 0.492 e. The predicted molar refractivity (Wildman–Crippen MR) is 109 cm³/mol. The molecule has 2 aromatic rings. The lowest BCUT2D eigenvalue weighted by Gasteiger charge is -2.22. The lowest BCUT2D eigenvalue weighted by molar-refractivity contribution is -0.134. The summed E-state index contributed by atoms with van der Waals surface area (Å²) >= 11 is 5.89. The summed E-state index contributed by atoms with van der Waals surface area (Å²) in [7, 11) is 0. The second-order valence-corrected chi connectivity index (χ2v) is 7.40. The number of hydrogen-bond donors (Lipinski definition) is 2. The molecule has 0 spiro atoms. The highest BCUT2D eigenvalue weighted by atomic mass is 35.5. The number of halogens is 1. The standard InChI is InChI=1S/C21H22ClN3O4/c1-14-4-3-5-17(12-14)29-11-10-23-18(26)13-25-19(27)21(2,24-20(25)28)15-6-8-16(22)9-7-15/h3-9,12H,10-11,13H2,1-2H3,(H,23,26)(H,24,28). The first kappa shape index (κ1) is 20.7. The fraction of sp³-hybridized carbons (Fsp3) is 0.286. The van der Waals surface area contributed by atoms with Gasteiger partial charge >= 0.3 is 6.03 Å². The molecule has 3 rings (SSSR count). The number of nitrogens with one attached hydrogen (secondary N) is 2. The van der Waals surface area contributed by atoms with E-state index in [4.69, 9.17) is 16.3 Å². The van der Waals surface area contributed by atoms with Crippen molar-refractivity contribution in [2.45, 2.75) is 19.4 Å². The Labute approximate surface area is 174 Å². The minimum atomic E-state index is -1.24. The van der Waals surface area contributed by atoms with Crippen LogP contribution in [0.1, 0.15) is 18.1 Å². The van der Waals surface area contributed by atoms with Crippen LogP contribution in [0.25, 0.3) is 0 Å². The number of imide groups is 1. The molecular formula is C21H22ClN3O4. The lowest BCUT2D eigenvalue weighted by Crippen LogP contribution is -2.43. The highest BCUT2D eigenvalue weighted by Gasteiger charge is 2.49. The van der Waals surface area contributed by atoms with Gasteiger partial charge in [0.2, 0.25) is 5.91 Å². The van der Waals surface area contributed by atoms with Gasteiger partial charge in [0.15, 0.2) is 0 Å². The number of nitrogens with zero attached hydrogens (tertiary/aromatic N) is 1. The highest BCUT2D eigenvalue weighted by molar-refractivity contribution is 6.30. The summed E-state index contributed by atoms with van der Waals surface area (Å²) in [5.74, 6) is -0.218. The van der Waals surface area contributed by atoms with Crippen LogP contribution >= 0.6 is 11.6 Å². The molecule has 0 saturated carbocycles. The summed E-state index contributed by atoms with van der Waals surface area (Å²) in [4.78, 5) is 38.2. The molecule has 0 aromatic heterocycles. The van der Waals surface area contributed by atoms with E-state index in [1.807, 2.05) is 31.2 Å². The molecule has 0 aliphatic carbocycles. The molecule has 1 atom stereocenters. The second-order valence-electron chi connectivity index (χ2n) is 6.97. The molecule has 1 unspecified atom stereocenters. The van der Waals surface area contributed by atoms with Gasteiger partial charge in [0.05, 0.1) is 6.54 Å². The molecule has 2 aromatic carbocycles. The molecule has 1 saturated heterocycles. The Balaban J connectivity index is 1.53. The second kappa shape index (κ2) is 8.53. The molecule has 0 radical (unpaired) electrons. The zero-order valence-corrected chi connectivity index (χ0v) is 17.0. The van der Waals surface area contributed by atoms with Gasteiger partial charge in [0.25, 0.3) is 5.91 Å². The van der Waals surface area contributed by atoms with Crippen LogP contribution in [0.2, 0.25) is 5.02 Å². The fourth-order valence-electron chi connectivity index (χ4n) is 3.08. The maximum Gasteiger partial charge on any atom is 0.325 e. The molecule has 1 heterocycles. The summed E-state index contributed by atoms with van der Waals surface area (Å²) in [6.07, 6.45) is 0. The molecule has 2 N–H and O–H groups in total. The van der Waals surface area contributed by atoms with Crippen molar-refractivity contribution in [2.24, 2.45) is 0 Å². The van der Waals surface area contributed by atoms with E-state index in [9.17, 15) is 14.4 Å². The number of benzene rings is 2. The first-order valence-corrected chi connectivity index (χ1v) is 9.54. The summed E-state index contributed by atoms with van der Waals surface area (Å²) in [6, 6.07) is 13.6. The maximum atomic E-state index is 12.8. The van der Waals surface area contributed by atoms with Gasteiger partial charge in [0, 0.05) is 5.02 Å². The monoisotopic (exact) mass is 415 g/mol. The molecule has 0 bridgehead atoms. The van der Waals surface area contributed by atoms with Gasteiger partial charge < -0.3 is 15.4 Å². The molecule has 29 heavy (non-hydrogen) atoms. The van der Waals surface area contributed by atoms with Crippen molar-refractivity contribution in [3.8, 4) is 5.75 Å². The Morgan fingerprint density at radius 1 is 1.21 bits per heavy atom. The molecule has 7 nitrogen and oxygen atoms in total. The maximum absolute atomic E-state index is 12.8. The van der Waals surface area contributed by atoms with Crippen LogP contribution in [-0.4, -0.2) is 42.4 Å². The number of ether oxygens (including phenoxy) is 1. The van der Waals surface area contributed by atoms with Gasteiger partial charge in [-0.3, -0.25) is 14.5 Å². The molecule has 1 aliphatic heterocycles. The van der Waals surface area contributed by atoms with E-state index in [0.717, 1.165) is 10.5 Å². The summed E-state index contributed by atoms with van der Waals surface area (Å²) in [5.41, 5.74) is 0.430. The predicted octanol–water partition coefficient (Wildman–Crippen LogP) is 2.61. The van der Waals surface area contributed by atoms with Crippen LogP contribution in [0.4, 0.5) is 4.79 Å². The Hall–Kier alpha value is -3.06. The molecular weight excluding hydrogens is 394 g/mol. The van der Waals surface area contributed by atoms with Crippen molar-refractivity contribution in [3.05, 3.63) is 64.7 Å². The van der Waals surface area contributed by atoms with E-state index in [1.165, 1.54) is 0 Å². The van der Waals surface area contributed by atoms with Crippen molar-refractivity contribution in [1.82, 2.24) is 15.5 Å². The van der Waals surface area contributed by atoms with Crippen LogP contribution in [-0.2, 0) is 15.1 Å². The molecule has 8 heteroatoms. The van der Waals surface area contributed by atoms with E-state index in [2.05, 4.69) is 10.6 Å². The van der Waals surface area contributed by atoms with E-state index in [0.29, 0.717) is 16.3 Å². The highest BCUT2D eigenvalue weighted by Crippen LogP contribution is 2.29. The van der Waals surface area contributed by atoms with E-state index >= 15 is 0 Å². The van der Waals surface area contributed by atoms with Crippen LogP contribution in [0.5, 0.6) is 5.75 Å². The van der Waals surface area contributed by atoms with E-state index in [1.54, 1.807) is 31.2 Å². The molecule has 152 valence electrons. The smallest absolute Gasteiger partial charge is 0.325 e.